The molecule has 2 saturated carbocycles. The van der Waals surface area contributed by atoms with Gasteiger partial charge in [0.05, 0.1) is 33.5 Å². The molecule has 2 unspecified atom stereocenters. The molecule has 0 amide bonds. The summed E-state index contributed by atoms with van der Waals surface area (Å²) in [5, 5.41) is 56.7. The summed E-state index contributed by atoms with van der Waals surface area (Å²) in [5.74, 6) is 1.17. The van der Waals surface area contributed by atoms with Crippen LogP contribution in [0.4, 0.5) is 0 Å². The van der Waals surface area contributed by atoms with Crippen molar-refractivity contribution < 1.29 is 29.9 Å². The Kier molecular flexibility index (Phi) is 4.72. The van der Waals surface area contributed by atoms with E-state index in [1.807, 2.05) is 12.1 Å². The van der Waals surface area contributed by atoms with Crippen LogP contribution in [-0.4, -0.2) is 104 Å². The van der Waals surface area contributed by atoms with E-state index in [2.05, 4.69) is 23.9 Å². The van der Waals surface area contributed by atoms with Crippen molar-refractivity contribution in [2.45, 2.75) is 97.7 Å². The lowest BCUT2D eigenvalue weighted by molar-refractivity contribution is -0.161. The first kappa shape index (κ1) is 26.1. The molecule has 10 heteroatoms. The molecule has 2 saturated heterocycles. The number of benzene rings is 2. The lowest BCUT2D eigenvalue weighted by Gasteiger charge is -2.62. The summed E-state index contributed by atoms with van der Waals surface area (Å²) in [7, 11) is 4.18. The number of aliphatic hydroxyl groups is 2. The van der Waals surface area contributed by atoms with E-state index in [0.29, 0.717) is 50.0 Å². The van der Waals surface area contributed by atoms with Gasteiger partial charge in [-0.25, -0.2) is 0 Å². The number of rotatable bonds is 1. The lowest BCUT2D eigenvalue weighted by Crippen LogP contribution is -2.76. The van der Waals surface area contributed by atoms with E-state index < -0.39 is 34.2 Å². The first-order chi connectivity index (χ1) is 21.1. The van der Waals surface area contributed by atoms with Crippen molar-refractivity contribution in [3.8, 4) is 23.0 Å². The summed E-state index contributed by atoms with van der Waals surface area (Å²) in [6.07, 6.45) is 3.95. The van der Waals surface area contributed by atoms with Crippen LogP contribution in [0, 0.1) is 0 Å². The van der Waals surface area contributed by atoms with Gasteiger partial charge in [0, 0.05) is 23.2 Å². The Morgan fingerprint density at radius 3 is 1.55 bits per heavy atom. The largest absolute Gasteiger partial charge is 0.504 e. The van der Waals surface area contributed by atoms with Crippen molar-refractivity contribution in [1.29, 1.82) is 0 Å². The molecular weight excluding hydrogens is 560 g/mol. The number of aromatic hydroxyl groups is 2. The minimum absolute atomic E-state index is 0.0377. The highest BCUT2D eigenvalue weighted by Gasteiger charge is 2.74. The molecule has 4 aliphatic heterocycles. The van der Waals surface area contributed by atoms with Gasteiger partial charge in [0.15, 0.2) is 35.2 Å². The molecule has 10 nitrogen and oxygen atoms in total. The molecule has 4 N–H and O–H groups in total. The van der Waals surface area contributed by atoms with Gasteiger partial charge >= 0.3 is 0 Å². The Balaban J connectivity index is 1.10. The SMILES string of the molecule is CN1CC[C@]23c4c5ccc(O)c4OC2C(=NN=C2CC[C@@]4(O)[C@H]6Cc7ccc(O)c8c7[C@@]4(CCN6C)C2O8)CC[C@@]3(O)[C@H]1C5. The number of likely N-dealkylation sites (N-methyl/N-ethyl adjacent to an activating group) is 2. The van der Waals surface area contributed by atoms with Crippen LogP contribution >= 0.6 is 0 Å². The quantitative estimate of drug-likeness (QED) is 0.368. The van der Waals surface area contributed by atoms with Gasteiger partial charge in [0.25, 0.3) is 0 Å². The van der Waals surface area contributed by atoms with E-state index in [0.717, 1.165) is 59.6 Å². The standard InChI is InChI=1S/C34H38N4O6/c1-37-13-11-31-25-17-3-5-21(39)27(25)43-29(31)19(7-9-33(31,41)23(37)15-17)35-36-20-8-10-34(42)24-16-18-4-6-22(40)28-26(18)32(34,30(20)44-28)12-14-38(24)2/h3-6,23-24,29-30,39-42H,7-16H2,1-2H3/t23-,24-,29?,30?,31+,32+,33-,34-/m1/s1. The fourth-order valence-electron chi connectivity index (χ4n) is 11.4. The van der Waals surface area contributed by atoms with Gasteiger partial charge in [-0.05, 0) is 102 Å². The second-order valence-electron chi connectivity index (χ2n) is 14.8. The molecule has 8 atom stereocenters. The Labute approximate surface area is 255 Å². The molecular formula is C34H38N4O6. The van der Waals surface area contributed by atoms with Gasteiger partial charge in [0.2, 0.25) is 0 Å². The predicted octanol–water partition coefficient (Wildman–Crippen LogP) is 2.16. The Morgan fingerprint density at radius 2 is 1.11 bits per heavy atom. The molecule has 2 spiro atoms. The molecule has 4 heterocycles. The fourth-order valence-corrected chi connectivity index (χ4v) is 11.4. The van der Waals surface area contributed by atoms with Crippen molar-refractivity contribution in [1.82, 2.24) is 9.80 Å². The third-order valence-electron chi connectivity index (χ3n) is 13.4. The summed E-state index contributed by atoms with van der Waals surface area (Å²) >= 11 is 0. The zero-order valence-electron chi connectivity index (χ0n) is 25.1. The third kappa shape index (κ3) is 2.61. The van der Waals surface area contributed by atoms with Gasteiger partial charge in [-0.2, -0.15) is 10.2 Å². The van der Waals surface area contributed by atoms with Crippen molar-refractivity contribution in [2.75, 3.05) is 27.2 Å². The Morgan fingerprint density at radius 1 is 0.682 bits per heavy atom. The van der Waals surface area contributed by atoms with E-state index in [1.54, 1.807) is 12.1 Å². The van der Waals surface area contributed by atoms with Crippen LogP contribution in [0.1, 0.15) is 60.8 Å². The van der Waals surface area contributed by atoms with E-state index in [4.69, 9.17) is 19.7 Å². The molecule has 2 aromatic carbocycles. The van der Waals surface area contributed by atoms with E-state index >= 15 is 0 Å². The maximum absolute atomic E-state index is 12.5. The van der Waals surface area contributed by atoms with E-state index in [-0.39, 0.29) is 23.6 Å². The predicted molar refractivity (Wildman–Crippen MR) is 161 cm³/mol. The number of ether oxygens (including phenoxy) is 2. The van der Waals surface area contributed by atoms with Crippen LogP contribution < -0.4 is 9.47 Å². The molecule has 0 aromatic heterocycles. The van der Waals surface area contributed by atoms with Gasteiger partial charge < -0.3 is 39.7 Å². The number of phenolic OH excluding ortho intramolecular Hbond substituents is 2. The van der Waals surface area contributed by atoms with Crippen LogP contribution in [0.2, 0.25) is 0 Å². The van der Waals surface area contributed by atoms with Crippen molar-refractivity contribution >= 4 is 11.4 Å². The number of phenols is 2. The van der Waals surface area contributed by atoms with Crippen LogP contribution in [0.5, 0.6) is 23.0 Å². The van der Waals surface area contributed by atoms with Gasteiger partial charge in [-0.3, -0.25) is 0 Å². The van der Waals surface area contributed by atoms with E-state index in [9.17, 15) is 20.4 Å². The van der Waals surface area contributed by atoms with Crippen LogP contribution in [0.25, 0.3) is 0 Å². The minimum Gasteiger partial charge on any atom is -0.504 e. The third-order valence-corrected chi connectivity index (χ3v) is 13.4. The normalized spacial score (nSPS) is 44.3. The first-order valence-corrected chi connectivity index (χ1v) is 16.2. The van der Waals surface area contributed by atoms with Crippen molar-refractivity contribution in [3.05, 3.63) is 46.5 Å². The Bertz CT molecular complexity index is 1620. The second-order valence-corrected chi connectivity index (χ2v) is 14.8. The maximum Gasteiger partial charge on any atom is 0.166 e. The summed E-state index contributed by atoms with van der Waals surface area (Å²) < 4.78 is 13.2. The van der Waals surface area contributed by atoms with Crippen molar-refractivity contribution in [3.63, 3.8) is 0 Å². The zero-order valence-corrected chi connectivity index (χ0v) is 25.1. The maximum atomic E-state index is 12.5. The number of likely N-dealkylation sites (tertiary alicyclic amines) is 2. The molecule has 4 bridgehead atoms. The summed E-state index contributed by atoms with van der Waals surface area (Å²) in [6.45, 7) is 1.64. The zero-order chi connectivity index (χ0) is 30.0. The topological polar surface area (TPSA) is 131 Å². The number of piperidine rings is 2. The molecule has 10 rings (SSSR count). The molecule has 4 aliphatic carbocycles. The number of nitrogens with zero attached hydrogens (tertiary/aromatic N) is 4. The molecule has 0 radical (unpaired) electrons. The van der Waals surface area contributed by atoms with Crippen LogP contribution in [0.15, 0.2) is 34.5 Å². The number of hydrogen-bond acceptors (Lipinski definition) is 10. The fraction of sp³-hybridized carbons (Fsp3) is 0.588. The monoisotopic (exact) mass is 598 g/mol. The molecule has 4 fully saturated rings. The average Bonchev–Trinajstić information content (AvgIpc) is 3.54. The van der Waals surface area contributed by atoms with Gasteiger partial charge in [-0.15, -0.1) is 0 Å². The summed E-state index contributed by atoms with van der Waals surface area (Å²) in [4.78, 5) is 4.55. The second kappa shape index (κ2) is 7.96. The first-order valence-electron chi connectivity index (χ1n) is 16.2. The lowest BCUT2D eigenvalue weighted by atomic mass is 9.49. The Hall–Kier alpha value is -3.18. The average molecular weight is 599 g/mol. The van der Waals surface area contributed by atoms with Gasteiger partial charge in [0.1, 0.15) is 0 Å². The molecule has 44 heavy (non-hydrogen) atoms. The highest BCUT2D eigenvalue weighted by molar-refractivity contribution is 5.97. The summed E-state index contributed by atoms with van der Waals surface area (Å²) in [5.41, 5.74) is 2.31. The molecule has 230 valence electrons. The van der Waals surface area contributed by atoms with Gasteiger partial charge in [-0.1, -0.05) is 12.1 Å². The number of hydrogen-bond donors (Lipinski definition) is 4. The van der Waals surface area contributed by atoms with Crippen LogP contribution in [-0.2, 0) is 23.7 Å². The van der Waals surface area contributed by atoms with Crippen LogP contribution in [0.3, 0.4) is 0 Å². The summed E-state index contributed by atoms with van der Waals surface area (Å²) in [6, 6.07) is 7.31. The molecule has 2 aromatic rings. The minimum atomic E-state index is -1.00. The van der Waals surface area contributed by atoms with Crippen molar-refractivity contribution in [2.24, 2.45) is 10.2 Å². The smallest absolute Gasteiger partial charge is 0.166 e. The van der Waals surface area contributed by atoms with E-state index in [1.165, 1.54) is 0 Å². The highest BCUT2D eigenvalue weighted by atomic mass is 16.5. The molecule has 8 aliphatic rings. The highest BCUT2D eigenvalue weighted by Crippen LogP contribution is 2.66.